The van der Waals surface area contributed by atoms with Crippen molar-refractivity contribution in [2.24, 2.45) is 0 Å². The van der Waals surface area contributed by atoms with E-state index in [-0.39, 0.29) is 30.3 Å². The molecule has 0 N–H and O–H groups in total. The number of nitrogens with zero attached hydrogens (tertiary/aromatic N) is 2. The first kappa shape index (κ1) is 16.9. The summed E-state index contributed by atoms with van der Waals surface area (Å²) in [6.07, 6.45) is 6.93. The monoisotopic (exact) mass is 260 g/mol. The molecule has 5 heteroatoms. The zero-order valence-electron chi connectivity index (χ0n) is 12.8. The molecule has 0 aromatic rings. The Morgan fingerprint density at radius 3 is 2.53 bits per heavy atom. The molecule has 0 aromatic heterocycles. The van der Waals surface area contributed by atoms with E-state index in [1.807, 2.05) is 5.01 Å². The van der Waals surface area contributed by atoms with Crippen molar-refractivity contribution in [3.8, 4) is 0 Å². The molecule has 1 saturated heterocycles. The van der Waals surface area contributed by atoms with Crippen molar-refractivity contribution >= 4 is 0 Å². The van der Waals surface area contributed by atoms with Crippen LogP contribution >= 0.6 is 0 Å². The van der Waals surface area contributed by atoms with E-state index in [4.69, 9.17) is 4.74 Å². The molecule has 2 heterocycles. The van der Waals surface area contributed by atoms with Crippen molar-refractivity contribution in [1.29, 1.82) is 0 Å². The molecule has 0 radical (unpaired) electrons. The van der Waals surface area contributed by atoms with Gasteiger partial charge in [-0.25, -0.2) is 5.01 Å². The fraction of sp³-hybridized carbons (Fsp3) is 0.857. The number of methoxy groups -OCH3 is 1. The molecule has 19 heavy (non-hydrogen) atoms. The molecule has 0 bridgehead atoms. The second-order valence-corrected chi connectivity index (χ2v) is 5.25. The summed E-state index contributed by atoms with van der Waals surface area (Å²) in [4.78, 5) is 0. The average Bonchev–Trinajstić information content (AvgIpc) is 3.01. The van der Waals surface area contributed by atoms with Crippen LogP contribution in [0.4, 0.5) is 0 Å². The molecule has 0 spiro atoms. The fourth-order valence-electron chi connectivity index (χ4n) is 3.50. The quantitative estimate of drug-likeness (QED) is 0.563. The van der Waals surface area contributed by atoms with Gasteiger partial charge in [-0.2, -0.15) is 0 Å². The summed E-state index contributed by atoms with van der Waals surface area (Å²) in [6.45, 7) is 6.18. The van der Waals surface area contributed by atoms with Crippen LogP contribution in [0.3, 0.4) is 0 Å². The standard InChI is InChI=1S/C14H26N2O2.Li/c1-4-14(5-2,18-3)12-8-6-10-15(12)16-11-7-9-13(16)17;/h9,12,17H,4-8,10-11H2,1-3H3;/q;+1/p-1/t12-;/m0./s1. The van der Waals surface area contributed by atoms with E-state index in [0.29, 0.717) is 6.04 Å². The molecule has 4 nitrogen and oxygen atoms in total. The maximum Gasteiger partial charge on any atom is 1.00 e. The van der Waals surface area contributed by atoms with Crippen LogP contribution in [-0.4, -0.2) is 41.9 Å². The van der Waals surface area contributed by atoms with E-state index in [1.165, 1.54) is 0 Å². The van der Waals surface area contributed by atoms with Crippen LogP contribution in [0.15, 0.2) is 12.0 Å². The molecule has 0 amide bonds. The van der Waals surface area contributed by atoms with Gasteiger partial charge in [0.15, 0.2) is 0 Å². The van der Waals surface area contributed by atoms with E-state index in [9.17, 15) is 5.11 Å². The number of ether oxygens (including phenoxy) is 1. The van der Waals surface area contributed by atoms with E-state index in [2.05, 4.69) is 18.9 Å². The van der Waals surface area contributed by atoms with Gasteiger partial charge in [0, 0.05) is 20.2 Å². The molecule has 0 saturated carbocycles. The third-order valence-electron chi connectivity index (χ3n) is 4.66. The molecule has 0 aromatic carbocycles. The first-order valence-corrected chi connectivity index (χ1v) is 7.15. The van der Waals surface area contributed by atoms with E-state index < -0.39 is 0 Å². The molecule has 2 aliphatic rings. The van der Waals surface area contributed by atoms with Gasteiger partial charge in [0.05, 0.1) is 11.6 Å². The largest absolute Gasteiger partial charge is 1.00 e. The van der Waals surface area contributed by atoms with Crippen LogP contribution < -0.4 is 24.0 Å². The van der Waals surface area contributed by atoms with Crippen LogP contribution in [-0.2, 0) is 4.74 Å². The molecular weight excluding hydrogens is 235 g/mol. The topological polar surface area (TPSA) is 38.8 Å². The Balaban J connectivity index is 0.00000180. The third kappa shape index (κ3) is 2.97. The third-order valence-corrected chi connectivity index (χ3v) is 4.66. The van der Waals surface area contributed by atoms with Gasteiger partial charge in [-0.05, 0) is 38.0 Å². The van der Waals surface area contributed by atoms with Gasteiger partial charge in [0.1, 0.15) is 0 Å². The Labute approximate surface area is 128 Å². The molecule has 1 fully saturated rings. The smallest absolute Gasteiger partial charge is 0.859 e. The first-order valence-electron chi connectivity index (χ1n) is 7.15. The summed E-state index contributed by atoms with van der Waals surface area (Å²) in [7, 11) is 1.81. The molecule has 1 atom stereocenters. The van der Waals surface area contributed by atoms with Crippen molar-refractivity contribution < 1.29 is 28.7 Å². The summed E-state index contributed by atoms with van der Waals surface area (Å²) in [5.74, 6) is 0.166. The summed E-state index contributed by atoms with van der Waals surface area (Å²) < 4.78 is 5.86. The van der Waals surface area contributed by atoms with E-state index in [0.717, 1.165) is 45.2 Å². The number of hydrogen-bond acceptors (Lipinski definition) is 4. The Bertz CT molecular complexity index is 310. The van der Waals surface area contributed by atoms with Crippen LogP contribution in [0.5, 0.6) is 0 Å². The molecule has 2 rings (SSSR count). The van der Waals surface area contributed by atoms with Crippen molar-refractivity contribution in [2.75, 3.05) is 20.2 Å². The molecular formula is C14H25LiN2O2. The minimum absolute atomic E-state index is 0. The maximum absolute atomic E-state index is 11.9. The first-order chi connectivity index (χ1) is 8.68. The molecule has 0 aliphatic carbocycles. The van der Waals surface area contributed by atoms with Crippen LogP contribution in [0.25, 0.3) is 0 Å². The van der Waals surface area contributed by atoms with Gasteiger partial charge in [0.2, 0.25) is 0 Å². The van der Waals surface area contributed by atoms with Gasteiger partial charge in [-0.3, -0.25) is 0 Å². The minimum Gasteiger partial charge on any atom is -0.859 e. The Morgan fingerprint density at radius 1 is 1.37 bits per heavy atom. The molecule has 104 valence electrons. The summed E-state index contributed by atoms with van der Waals surface area (Å²) in [5, 5.41) is 16.1. The van der Waals surface area contributed by atoms with Crippen molar-refractivity contribution in [1.82, 2.24) is 10.0 Å². The minimum atomic E-state index is -0.112. The van der Waals surface area contributed by atoms with Gasteiger partial charge >= 0.3 is 18.9 Å². The average molecular weight is 260 g/mol. The maximum atomic E-state index is 11.9. The predicted molar refractivity (Wildman–Crippen MR) is 69.5 cm³/mol. The van der Waals surface area contributed by atoms with Crippen LogP contribution in [0.2, 0.25) is 0 Å². The van der Waals surface area contributed by atoms with E-state index >= 15 is 0 Å². The summed E-state index contributed by atoms with van der Waals surface area (Å²) in [6, 6.07) is 0.341. The summed E-state index contributed by atoms with van der Waals surface area (Å²) >= 11 is 0. The normalized spacial score (nSPS) is 24.5. The SMILES string of the molecule is CCC(CC)(OC)[C@@H]1CCCN1N1CCC=C1[O-].[Li+]. The van der Waals surface area contributed by atoms with Gasteiger partial charge in [-0.1, -0.05) is 19.9 Å². The second kappa shape index (κ2) is 7.04. The fourth-order valence-corrected chi connectivity index (χ4v) is 3.50. The Hall–Kier alpha value is -0.143. The van der Waals surface area contributed by atoms with Crippen molar-refractivity contribution in [3.63, 3.8) is 0 Å². The zero-order chi connectivity index (χ0) is 13.2. The Morgan fingerprint density at radius 2 is 2.05 bits per heavy atom. The predicted octanol–water partition coefficient (Wildman–Crippen LogP) is -1.52. The van der Waals surface area contributed by atoms with Crippen LogP contribution in [0.1, 0.15) is 46.0 Å². The molecule has 0 unspecified atom stereocenters. The summed E-state index contributed by atoms with van der Waals surface area (Å²) in [5.41, 5.74) is -0.112. The van der Waals surface area contributed by atoms with E-state index in [1.54, 1.807) is 13.2 Å². The molecule has 2 aliphatic heterocycles. The van der Waals surface area contributed by atoms with Crippen molar-refractivity contribution in [2.45, 2.75) is 57.6 Å². The number of hydrogen-bond donors (Lipinski definition) is 0. The van der Waals surface area contributed by atoms with Gasteiger partial charge in [0.25, 0.3) is 0 Å². The number of rotatable bonds is 5. The van der Waals surface area contributed by atoms with Crippen molar-refractivity contribution in [3.05, 3.63) is 12.0 Å². The van der Waals surface area contributed by atoms with Crippen LogP contribution in [0, 0.1) is 0 Å². The van der Waals surface area contributed by atoms with Gasteiger partial charge in [-0.15, -0.1) is 0 Å². The number of hydrazine groups is 1. The second-order valence-electron chi connectivity index (χ2n) is 5.25. The zero-order valence-corrected chi connectivity index (χ0v) is 12.8. The Kier molecular flexibility index (Phi) is 6.26. The van der Waals surface area contributed by atoms with Gasteiger partial charge < -0.3 is 14.9 Å².